The van der Waals surface area contributed by atoms with E-state index >= 15 is 0 Å². The highest BCUT2D eigenvalue weighted by Gasteiger charge is 2.26. The molecule has 0 radical (unpaired) electrons. The van der Waals surface area contributed by atoms with Gasteiger partial charge in [-0.3, -0.25) is 9.59 Å². The van der Waals surface area contributed by atoms with E-state index < -0.39 is 15.8 Å². The summed E-state index contributed by atoms with van der Waals surface area (Å²) in [5.41, 5.74) is 1.12. The third-order valence-corrected chi connectivity index (χ3v) is 5.34. The summed E-state index contributed by atoms with van der Waals surface area (Å²) < 4.78 is 23.3. The lowest BCUT2D eigenvalue weighted by molar-refractivity contribution is -0.138. The summed E-state index contributed by atoms with van der Waals surface area (Å²) in [7, 11) is -3.36. The van der Waals surface area contributed by atoms with Crippen molar-refractivity contribution < 1.29 is 23.1 Å². The van der Waals surface area contributed by atoms with Gasteiger partial charge in [0.25, 0.3) is 5.91 Å². The minimum absolute atomic E-state index is 0.0972. The van der Waals surface area contributed by atoms with Crippen molar-refractivity contribution in [2.24, 2.45) is 5.92 Å². The van der Waals surface area contributed by atoms with Crippen LogP contribution in [0.2, 0.25) is 0 Å². The molecular weight excluding hydrogens is 318 g/mol. The van der Waals surface area contributed by atoms with Gasteiger partial charge in [0.05, 0.1) is 4.90 Å². The molecule has 1 aromatic rings. The summed E-state index contributed by atoms with van der Waals surface area (Å²) in [6.45, 7) is 2.77. The van der Waals surface area contributed by atoms with E-state index in [1.165, 1.54) is 12.1 Å². The third kappa shape index (κ3) is 4.31. The molecular formula is C16H21NO5S. The second-order valence-electron chi connectivity index (χ2n) is 6.08. The Bertz CT molecular complexity index is 718. The van der Waals surface area contributed by atoms with Crippen molar-refractivity contribution in [1.82, 2.24) is 4.90 Å². The average molecular weight is 339 g/mol. The smallest absolute Gasteiger partial charge is 0.303 e. The largest absolute Gasteiger partial charge is 0.481 e. The van der Waals surface area contributed by atoms with Gasteiger partial charge in [-0.25, -0.2) is 8.42 Å². The molecule has 1 amide bonds. The molecule has 1 aliphatic rings. The van der Waals surface area contributed by atoms with E-state index in [0.717, 1.165) is 11.8 Å². The lowest BCUT2D eigenvalue weighted by Gasteiger charge is -2.31. The van der Waals surface area contributed by atoms with Crippen LogP contribution in [0.3, 0.4) is 0 Å². The molecule has 7 heteroatoms. The Morgan fingerprint density at radius 2 is 1.87 bits per heavy atom. The fourth-order valence-corrected chi connectivity index (χ4v) is 3.47. The summed E-state index contributed by atoms with van der Waals surface area (Å²) in [5.74, 6) is -0.909. The van der Waals surface area contributed by atoms with Crippen LogP contribution in [0.5, 0.6) is 0 Å². The fourth-order valence-electron chi connectivity index (χ4n) is 2.82. The Morgan fingerprint density at radius 1 is 1.26 bits per heavy atom. The molecule has 0 atom stereocenters. The summed E-state index contributed by atoms with van der Waals surface area (Å²) >= 11 is 0. The van der Waals surface area contributed by atoms with Gasteiger partial charge in [-0.2, -0.15) is 0 Å². The second-order valence-corrected chi connectivity index (χ2v) is 8.10. The number of piperidine rings is 1. The van der Waals surface area contributed by atoms with Crippen LogP contribution in [0.1, 0.15) is 35.2 Å². The van der Waals surface area contributed by atoms with Crippen molar-refractivity contribution in [2.45, 2.75) is 31.1 Å². The number of aliphatic carboxylic acids is 1. The lowest BCUT2D eigenvalue weighted by Crippen LogP contribution is -2.39. The molecule has 2 rings (SSSR count). The van der Waals surface area contributed by atoms with Crippen molar-refractivity contribution in [3.05, 3.63) is 29.3 Å². The first kappa shape index (κ1) is 17.5. The van der Waals surface area contributed by atoms with Gasteiger partial charge in [0.15, 0.2) is 9.84 Å². The maximum atomic E-state index is 12.6. The SMILES string of the molecule is Cc1ccc(S(C)(=O)=O)cc1C(=O)N1CCC(CC(=O)O)CC1. The van der Waals surface area contributed by atoms with Gasteiger partial charge >= 0.3 is 5.97 Å². The van der Waals surface area contributed by atoms with Gasteiger partial charge < -0.3 is 10.0 Å². The first-order valence-corrected chi connectivity index (χ1v) is 9.39. The summed E-state index contributed by atoms with van der Waals surface area (Å²) in [6, 6.07) is 4.57. The summed E-state index contributed by atoms with van der Waals surface area (Å²) in [6.07, 6.45) is 2.56. The average Bonchev–Trinajstić information content (AvgIpc) is 2.46. The number of hydrogen-bond acceptors (Lipinski definition) is 4. The number of nitrogens with zero attached hydrogens (tertiary/aromatic N) is 1. The monoisotopic (exact) mass is 339 g/mol. The summed E-state index contributed by atoms with van der Waals surface area (Å²) in [4.78, 5) is 25.2. The Balaban J connectivity index is 2.14. The Kier molecular flexibility index (Phi) is 5.09. The van der Waals surface area contributed by atoms with E-state index in [0.29, 0.717) is 31.5 Å². The molecule has 0 aromatic heterocycles. The molecule has 0 unspecified atom stereocenters. The highest BCUT2D eigenvalue weighted by atomic mass is 32.2. The van der Waals surface area contributed by atoms with Crippen molar-refractivity contribution in [3.63, 3.8) is 0 Å². The van der Waals surface area contributed by atoms with Crippen molar-refractivity contribution in [2.75, 3.05) is 19.3 Å². The molecule has 1 aromatic carbocycles. The van der Waals surface area contributed by atoms with Gasteiger partial charge in [0.1, 0.15) is 0 Å². The van der Waals surface area contributed by atoms with Crippen LogP contribution >= 0.6 is 0 Å². The maximum absolute atomic E-state index is 12.6. The number of amides is 1. The molecule has 0 bridgehead atoms. The quantitative estimate of drug-likeness (QED) is 0.902. The van der Waals surface area contributed by atoms with Crippen LogP contribution < -0.4 is 0 Å². The molecule has 6 nitrogen and oxygen atoms in total. The van der Waals surface area contributed by atoms with Gasteiger partial charge in [-0.05, 0) is 43.4 Å². The number of carbonyl (C=O) groups is 2. The first-order chi connectivity index (χ1) is 10.7. The standard InChI is InChI=1S/C16H21NO5S/c1-11-3-4-13(23(2,21)22)10-14(11)16(20)17-7-5-12(6-8-17)9-15(18)19/h3-4,10,12H,5-9H2,1-2H3,(H,18,19). The number of carboxylic acids is 1. The Hall–Kier alpha value is -1.89. The van der Waals surface area contributed by atoms with E-state index in [4.69, 9.17) is 5.11 Å². The predicted molar refractivity (Wildman–Crippen MR) is 85.2 cm³/mol. The number of sulfone groups is 1. The van der Waals surface area contributed by atoms with E-state index in [-0.39, 0.29) is 23.1 Å². The number of likely N-dealkylation sites (tertiary alicyclic amines) is 1. The molecule has 126 valence electrons. The first-order valence-electron chi connectivity index (χ1n) is 7.50. The van der Waals surface area contributed by atoms with Crippen molar-refractivity contribution in [1.29, 1.82) is 0 Å². The molecule has 1 aliphatic heterocycles. The molecule has 1 fully saturated rings. The van der Waals surface area contributed by atoms with Crippen LogP contribution in [0, 0.1) is 12.8 Å². The lowest BCUT2D eigenvalue weighted by atomic mass is 9.93. The third-order valence-electron chi connectivity index (χ3n) is 4.23. The molecule has 0 aliphatic carbocycles. The molecule has 1 heterocycles. The van der Waals surface area contributed by atoms with Crippen molar-refractivity contribution >= 4 is 21.7 Å². The number of aryl methyl sites for hydroxylation is 1. The number of carbonyl (C=O) groups excluding carboxylic acids is 1. The molecule has 0 spiro atoms. The van der Waals surface area contributed by atoms with Gasteiger partial charge in [0, 0.05) is 31.3 Å². The number of rotatable bonds is 4. The zero-order valence-corrected chi connectivity index (χ0v) is 14.1. The van der Waals surface area contributed by atoms with E-state index in [1.807, 2.05) is 0 Å². The minimum Gasteiger partial charge on any atom is -0.481 e. The zero-order valence-electron chi connectivity index (χ0n) is 13.3. The van der Waals surface area contributed by atoms with Crippen LogP contribution in [0.4, 0.5) is 0 Å². The number of benzene rings is 1. The number of carboxylic acid groups (broad SMARTS) is 1. The van der Waals surface area contributed by atoms with Gasteiger partial charge in [-0.15, -0.1) is 0 Å². The van der Waals surface area contributed by atoms with E-state index in [2.05, 4.69) is 0 Å². The fraction of sp³-hybridized carbons (Fsp3) is 0.500. The van der Waals surface area contributed by atoms with Crippen LogP contribution in [-0.4, -0.2) is 49.6 Å². The summed E-state index contributed by atoms with van der Waals surface area (Å²) in [5, 5.41) is 8.82. The topological polar surface area (TPSA) is 91.8 Å². The minimum atomic E-state index is -3.36. The molecule has 1 N–H and O–H groups in total. The number of hydrogen-bond donors (Lipinski definition) is 1. The molecule has 0 saturated carbocycles. The zero-order chi connectivity index (χ0) is 17.2. The van der Waals surface area contributed by atoms with Crippen LogP contribution in [0.25, 0.3) is 0 Å². The van der Waals surface area contributed by atoms with Crippen LogP contribution in [0.15, 0.2) is 23.1 Å². The predicted octanol–water partition coefficient (Wildman–Crippen LogP) is 1.73. The van der Waals surface area contributed by atoms with Crippen molar-refractivity contribution in [3.8, 4) is 0 Å². The normalized spacial score (nSPS) is 16.3. The van der Waals surface area contributed by atoms with E-state index in [1.54, 1.807) is 17.9 Å². The highest BCUT2D eigenvalue weighted by Crippen LogP contribution is 2.23. The highest BCUT2D eigenvalue weighted by molar-refractivity contribution is 7.90. The Morgan fingerprint density at radius 3 is 2.39 bits per heavy atom. The van der Waals surface area contributed by atoms with Crippen LogP contribution in [-0.2, 0) is 14.6 Å². The van der Waals surface area contributed by atoms with E-state index in [9.17, 15) is 18.0 Å². The van der Waals surface area contributed by atoms with Gasteiger partial charge in [0.2, 0.25) is 0 Å². The second kappa shape index (κ2) is 6.70. The molecule has 23 heavy (non-hydrogen) atoms. The maximum Gasteiger partial charge on any atom is 0.303 e. The van der Waals surface area contributed by atoms with Gasteiger partial charge in [-0.1, -0.05) is 6.07 Å². The molecule has 1 saturated heterocycles. The Labute approximate surface area is 136 Å².